The van der Waals surface area contributed by atoms with Crippen molar-refractivity contribution >= 4 is 5.91 Å². The number of amides is 1. The molecule has 0 bridgehead atoms. The molecule has 1 fully saturated rings. The second kappa shape index (κ2) is 6.20. The maximum absolute atomic E-state index is 12.5. The van der Waals surface area contributed by atoms with Crippen molar-refractivity contribution in [1.82, 2.24) is 10.2 Å². The molecule has 3 nitrogen and oxygen atoms in total. The molecule has 1 aliphatic rings. The highest BCUT2D eigenvalue weighted by molar-refractivity contribution is 5.85. The number of carbonyl (C=O) groups excluding carboxylic acids is 1. The van der Waals surface area contributed by atoms with Crippen molar-refractivity contribution in [2.45, 2.75) is 45.7 Å². The molecule has 3 atom stereocenters. The summed E-state index contributed by atoms with van der Waals surface area (Å²) >= 11 is 0. The molecule has 19 heavy (non-hydrogen) atoms. The summed E-state index contributed by atoms with van der Waals surface area (Å²) in [6.45, 7) is 7.27. The SMILES string of the molecule is CCC(C)CC(C)N1CNC(c2ccccc2)C1=O. The molecule has 1 N–H and O–H groups in total. The Balaban J connectivity index is 2.02. The molecule has 1 heterocycles. The fourth-order valence-corrected chi connectivity index (χ4v) is 2.68. The maximum Gasteiger partial charge on any atom is 0.245 e. The van der Waals surface area contributed by atoms with Crippen LogP contribution in [0.5, 0.6) is 0 Å². The van der Waals surface area contributed by atoms with Crippen LogP contribution in [0.2, 0.25) is 0 Å². The van der Waals surface area contributed by atoms with Gasteiger partial charge in [0.05, 0.1) is 6.67 Å². The molecular weight excluding hydrogens is 236 g/mol. The van der Waals surface area contributed by atoms with E-state index in [1.54, 1.807) is 0 Å². The normalized spacial score (nSPS) is 22.6. The molecule has 0 saturated carbocycles. The van der Waals surface area contributed by atoms with Gasteiger partial charge in [-0.05, 0) is 24.8 Å². The molecule has 0 aliphatic carbocycles. The predicted octanol–water partition coefficient (Wildman–Crippen LogP) is 2.94. The van der Waals surface area contributed by atoms with Crippen molar-refractivity contribution in [3.8, 4) is 0 Å². The van der Waals surface area contributed by atoms with E-state index in [2.05, 4.69) is 26.1 Å². The van der Waals surface area contributed by atoms with Gasteiger partial charge in [0.25, 0.3) is 0 Å². The Morgan fingerprint density at radius 3 is 2.63 bits per heavy atom. The highest BCUT2D eigenvalue weighted by atomic mass is 16.2. The highest BCUT2D eigenvalue weighted by Crippen LogP contribution is 2.24. The first-order chi connectivity index (χ1) is 9.13. The standard InChI is InChI=1S/C16H24N2O/c1-4-12(2)10-13(3)18-11-17-15(16(18)19)14-8-6-5-7-9-14/h5-9,12-13,15,17H,4,10-11H2,1-3H3. The summed E-state index contributed by atoms with van der Waals surface area (Å²) in [6.07, 6.45) is 2.24. The van der Waals surface area contributed by atoms with Gasteiger partial charge in [-0.3, -0.25) is 10.1 Å². The molecule has 0 spiro atoms. The molecule has 1 aliphatic heterocycles. The summed E-state index contributed by atoms with van der Waals surface area (Å²) in [5.41, 5.74) is 1.06. The monoisotopic (exact) mass is 260 g/mol. The van der Waals surface area contributed by atoms with Crippen LogP contribution in [0.15, 0.2) is 30.3 Å². The van der Waals surface area contributed by atoms with Gasteiger partial charge in [0.1, 0.15) is 6.04 Å². The van der Waals surface area contributed by atoms with E-state index in [0.717, 1.165) is 12.0 Å². The van der Waals surface area contributed by atoms with Crippen LogP contribution in [-0.4, -0.2) is 23.5 Å². The Hall–Kier alpha value is -1.35. The molecular formula is C16H24N2O. The summed E-state index contributed by atoms with van der Waals surface area (Å²) < 4.78 is 0. The average molecular weight is 260 g/mol. The molecule has 3 unspecified atom stereocenters. The maximum atomic E-state index is 12.5. The number of benzene rings is 1. The predicted molar refractivity (Wildman–Crippen MR) is 77.6 cm³/mol. The van der Waals surface area contributed by atoms with E-state index in [1.165, 1.54) is 6.42 Å². The number of nitrogens with zero attached hydrogens (tertiary/aromatic N) is 1. The summed E-state index contributed by atoms with van der Waals surface area (Å²) in [5, 5.41) is 3.32. The van der Waals surface area contributed by atoms with Crippen LogP contribution in [0, 0.1) is 5.92 Å². The third kappa shape index (κ3) is 3.16. The fraction of sp³-hybridized carbons (Fsp3) is 0.562. The Bertz CT molecular complexity index is 418. The Morgan fingerprint density at radius 2 is 2.00 bits per heavy atom. The van der Waals surface area contributed by atoms with Crippen molar-refractivity contribution in [1.29, 1.82) is 0 Å². The summed E-state index contributed by atoms with van der Waals surface area (Å²) in [7, 11) is 0. The highest BCUT2D eigenvalue weighted by Gasteiger charge is 2.34. The third-order valence-electron chi connectivity index (χ3n) is 4.10. The topological polar surface area (TPSA) is 32.3 Å². The minimum atomic E-state index is -0.166. The quantitative estimate of drug-likeness (QED) is 0.883. The van der Waals surface area contributed by atoms with Crippen molar-refractivity contribution in [3.63, 3.8) is 0 Å². The van der Waals surface area contributed by atoms with Gasteiger partial charge in [-0.25, -0.2) is 0 Å². The lowest BCUT2D eigenvalue weighted by Gasteiger charge is -2.26. The van der Waals surface area contributed by atoms with Crippen LogP contribution < -0.4 is 5.32 Å². The van der Waals surface area contributed by atoms with Crippen molar-refractivity contribution in [3.05, 3.63) is 35.9 Å². The lowest BCUT2D eigenvalue weighted by atomic mass is 9.99. The number of nitrogens with one attached hydrogen (secondary N) is 1. The number of hydrogen-bond acceptors (Lipinski definition) is 2. The zero-order chi connectivity index (χ0) is 13.8. The lowest BCUT2D eigenvalue weighted by molar-refractivity contribution is -0.130. The van der Waals surface area contributed by atoms with E-state index >= 15 is 0 Å². The van der Waals surface area contributed by atoms with Gasteiger partial charge in [-0.2, -0.15) is 0 Å². The average Bonchev–Trinajstić information content (AvgIpc) is 2.81. The number of rotatable bonds is 5. The van der Waals surface area contributed by atoms with E-state index in [9.17, 15) is 4.79 Å². The Kier molecular flexibility index (Phi) is 4.59. The molecule has 2 rings (SSSR count). The van der Waals surface area contributed by atoms with Gasteiger partial charge in [0.2, 0.25) is 5.91 Å². The summed E-state index contributed by atoms with van der Waals surface area (Å²) in [4.78, 5) is 14.5. The van der Waals surface area contributed by atoms with Crippen LogP contribution >= 0.6 is 0 Å². The van der Waals surface area contributed by atoms with Crippen molar-refractivity contribution in [2.75, 3.05) is 6.67 Å². The third-order valence-corrected chi connectivity index (χ3v) is 4.10. The van der Waals surface area contributed by atoms with Crippen LogP contribution in [-0.2, 0) is 4.79 Å². The van der Waals surface area contributed by atoms with Gasteiger partial charge < -0.3 is 4.90 Å². The first-order valence-electron chi connectivity index (χ1n) is 7.22. The zero-order valence-corrected chi connectivity index (χ0v) is 12.1. The number of carbonyl (C=O) groups is 1. The first kappa shape index (κ1) is 14.1. The minimum absolute atomic E-state index is 0.166. The second-order valence-electron chi connectivity index (χ2n) is 5.61. The summed E-state index contributed by atoms with van der Waals surface area (Å²) in [6, 6.07) is 10.1. The summed E-state index contributed by atoms with van der Waals surface area (Å²) in [5.74, 6) is 0.876. The van der Waals surface area contributed by atoms with Gasteiger partial charge in [-0.15, -0.1) is 0 Å². The minimum Gasteiger partial charge on any atom is -0.326 e. The molecule has 1 aromatic rings. The van der Waals surface area contributed by atoms with E-state index < -0.39 is 0 Å². The van der Waals surface area contributed by atoms with Crippen molar-refractivity contribution in [2.24, 2.45) is 5.92 Å². The number of hydrogen-bond donors (Lipinski definition) is 1. The van der Waals surface area contributed by atoms with E-state index in [1.807, 2.05) is 35.2 Å². The molecule has 0 aromatic heterocycles. The lowest BCUT2D eigenvalue weighted by Crippen LogP contribution is -2.36. The first-order valence-corrected chi connectivity index (χ1v) is 7.22. The Morgan fingerprint density at radius 1 is 1.32 bits per heavy atom. The van der Waals surface area contributed by atoms with Gasteiger partial charge in [0.15, 0.2) is 0 Å². The molecule has 1 saturated heterocycles. The molecule has 104 valence electrons. The molecule has 3 heteroatoms. The van der Waals surface area contributed by atoms with Crippen LogP contribution in [0.3, 0.4) is 0 Å². The Labute approximate surface area is 116 Å². The zero-order valence-electron chi connectivity index (χ0n) is 12.1. The van der Waals surface area contributed by atoms with Crippen molar-refractivity contribution < 1.29 is 4.79 Å². The molecule has 0 radical (unpaired) electrons. The molecule has 1 aromatic carbocycles. The van der Waals surface area contributed by atoms with Gasteiger partial charge in [-0.1, -0.05) is 50.6 Å². The van der Waals surface area contributed by atoms with Crippen LogP contribution in [0.1, 0.15) is 45.2 Å². The smallest absolute Gasteiger partial charge is 0.245 e. The van der Waals surface area contributed by atoms with Crippen LogP contribution in [0.4, 0.5) is 0 Å². The van der Waals surface area contributed by atoms with E-state index in [-0.39, 0.29) is 11.9 Å². The largest absolute Gasteiger partial charge is 0.326 e. The van der Waals surface area contributed by atoms with E-state index in [0.29, 0.717) is 18.6 Å². The fourth-order valence-electron chi connectivity index (χ4n) is 2.68. The van der Waals surface area contributed by atoms with Crippen LogP contribution in [0.25, 0.3) is 0 Å². The van der Waals surface area contributed by atoms with Gasteiger partial charge in [0, 0.05) is 6.04 Å². The van der Waals surface area contributed by atoms with E-state index in [4.69, 9.17) is 0 Å². The second-order valence-corrected chi connectivity index (χ2v) is 5.61. The van der Waals surface area contributed by atoms with Gasteiger partial charge >= 0.3 is 0 Å². The molecule has 1 amide bonds.